The van der Waals surface area contributed by atoms with E-state index in [1.54, 1.807) is 7.11 Å². The van der Waals surface area contributed by atoms with Crippen molar-refractivity contribution >= 4 is 10.9 Å². The van der Waals surface area contributed by atoms with E-state index in [-0.39, 0.29) is 0 Å². The van der Waals surface area contributed by atoms with Crippen LogP contribution in [0.1, 0.15) is 18.4 Å². The average Bonchev–Trinajstić information content (AvgIpc) is 2.73. The standard InChI is InChI=1S/C14H20N2O/c1-17-9-5-4-8-16-11-12(10-15)13-6-2-3-7-14(13)16/h2-3,6-7,11H,4-5,8-10,15H2,1H3. The molecule has 2 N–H and O–H groups in total. The van der Waals surface area contributed by atoms with E-state index in [1.807, 2.05) is 0 Å². The molecule has 0 atom stereocenters. The molecule has 0 amide bonds. The summed E-state index contributed by atoms with van der Waals surface area (Å²) in [6, 6.07) is 8.44. The molecule has 0 bridgehead atoms. The van der Waals surface area contributed by atoms with Gasteiger partial charge in [-0.3, -0.25) is 0 Å². The zero-order valence-corrected chi connectivity index (χ0v) is 10.4. The number of para-hydroxylation sites is 1. The van der Waals surface area contributed by atoms with Crippen LogP contribution in [0.2, 0.25) is 0 Å². The Morgan fingerprint density at radius 1 is 1.24 bits per heavy atom. The average molecular weight is 232 g/mol. The summed E-state index contributed by atoms with van der Waals surface area (Å²) in [6.45, 7) is 2.47. The highest BCUT2D eigenvalue weighted by Crippen LogP contribution is 2.21. The van der Waals surface area contributed by atoms with Gasteiger partial charge in [0, 0.05) is 43.9 Å². The first-order chi connectivity index (χ1) is 8.36. The summed E-state index contributed by atoms with van der Waals surface area (Å²) in [5, 5.41) is 1.28. The number of nitrogens with zero attached hydrogens (tertiary/aromatic N) is 1. The number of nitrogens with two attached hydrogens (primary N) is 1. The zero-order chi connectivity index (χ0) is 12.1. The van der Waals surface area contributed by atoms with E-state index in [2.05, 4.69) is 35.0 Å². The van der Waals surface area contributed by atoms with Gasteiger partial charge >= 0.3 is 0 Å². The fourth-order valence-corrected chi connectivity index (χ4v) is 2.20. The second-order valence-corrected chi connectivity index (χ2v) is 4.27. The van der Waals surface area contributed by atoms with Crippen molar-refractivity contribution in [2.75, 3.05) is 13.7 Å². The SMILES string of the molecule is COCCCCn1cc(CN)c2ccccc21. The first-order valence-electron chi connectivity index (χ1n) is 6.12. The van der Waals surface area contributed by atoms with E-state index in [4.69, 9.17) is 10.5 Å². The van der Waals surface area contributed by atoms with Crippen LogP contribution in [0.4, 0.5) is 0 Å². The number of ether oxygens (including phenoxy) is 1. The fraction of sp³-hybridized carbons (Fsp3) is 0.429. The van der Waals surface area contributed by atoms with Crippen molar-refractivity contribution < 1.29 is 4.74 Å². The number of fused-ring (bicyclic) bond motifs is 1. The van der Waals surface area contributed by atoms with Gasteiger partial charge < -0.3 is 15.0 Å². The molecule has 92 valence electrons. The van der Waals surface area contributed by atoms with Crippen molar-refractivity contribution in [2.45, 2.75) is 25.9 Å². The number of aryl methyl sites for hydroxylation is 1. The maximum atomic E-state index is 5.77. The molecule has 0 aliphatic heterocycles. The van der Waals surface area contributed by atoms with E-state index >= 15 is 0 Å². The first-order valence-corrected chi connectivity index (χ1v) is 6.12. The quantitative estimate of drug-likeness (QED) is 0.777. The summed E-state index contributed by atoms with van der Waals surface area (Å²) in [5.41, 5.74) is 8.28. The molecule has 0 aliphatic carbocycles. The van der Waals surface area contributed by atoms with Crippen LogP contribution in [0.15, 0.2) is 30.5 Å². The molecule has 2 aromatic rings. The van der Waals surface area contributed by atoms with E-state index in [0.717, 1.165) is 26.0 Å². The zero-order valence-electron chi connectivity index (χ0n) is 10.4. The van der Waals surface area contributed by atoms with Gasteiger partial charge in [0.1, 0.15) is 0 Å². The van der Waals surface area contributed by atoms with Crippen LogP contribution in [0.5, 0.6) is 0 Å². The summed E-state index contributed by atoms with van der Waals surface area (Å²) < 4.78 is 7.36. The normalized spacial score (nSPS) is 11.2. The van der Waals surface area contributed by atoms with Crippen molar-refractivity contribution in [3.05, 3.63) is 36.0 Å². The maximum absolute atomic E-state index is 5.77. The molecule has 3 nitrogen and oxygen atoms in total. The second-order valence-electron chi connectivity index (χ2n) is 4.27. The lowest BCUT2D eigenvalue weighted by Crippen LogP contribution is -1.99. The first kappa shape index (κ1) is 12.1. The highest BCUT2D eigenvalue weighted by molar-refractivity contribution is 5.83. The second kappa shape index (κ2) is 5.84. The molecule has 0 saturated heterocycles. The van der Waals surface area contributed by atoms with Crippen LogP contribution in [0.25, 0.3) is 10.9 Å². The number of methoxy groups -OCH3 is 1. The van der Waals surface area contributed by atoms with Gasteiger partial charge in [0.25, 0.3) is 0 Å². The van der Waals surface area contributed by atoms with Crippen LogP contribution in [0.3, 0.4) is 0 Å². The molecule has 0 saturated carbocycles. The predicted octanol–water partition coefficient (Wildman–Crippen LogP) is 2.53. The van der Waals surface area contributed by atoms with Crippen molar-refractivity contribution in [1.82, 2.24) is 4.57 Å². The van der Waals surface area contributed by atoms with Crippen LogP contribution in [-0.4, -0.2) is 18.3 Å². The fourth-order valence-electron chi connectivity index (χ4n) is 2.20. The summed E-state index contributed by atoms with van der Waals surface area (Å²) in [5.74, 6) is 0. The topological polar surface area (TPSA) is 40.2 Å². The highest BCUT2D eigenvalue weighted by Gasteiger charge is 2.05. The Hall–Kier alpha value is -1.32. The number of unbranched alkanes of at least 4 members (excludes halogenated alkanes) is 1. The summed E-state index contributed by atoms with van der Waals surface area (Å²) in [7, 11) is 1.75. The van der Waals surface area contributed by atoms with Gasteiger partial charge in [0.05, 0.1) is 0 Å². The molecule has 1 heterocycles. The largest absolute Gasteiger partial charge is 0.385 e. The number of aromatic nitrogens is 1. The van der Waals surface area contributed by atoms with Crippen LogP contribution >= 0.6 is 0 Å². The Balaban J connectivity index is 2.16. The lowest BCUT2D eigenvalue weighted by molar-refractivity contribution is 0.191. The lowest BCUT2D eigenvalue weighted by atomic mass is 10.2. The Morgan fingerprint density at radius 2 is 2.06 bits per heavy atom. The smallest absolute Gasteiger partial charge is 0.0483 e. The van der Waals surface area contributed by atoms with E-state index < -0.39 is 0 Å². The lowest BCUT2D eigenvalue weighted by Gasteiger charge is -2.04. The molecule has 0 aliphatic rings. The highest BCUT2D eigenvalue weighted by atomic mass is 16.5. The predicted molar refractivity (Wildman–Crippen MR) is 70.9 cm³/mol. The molecular weight excluding hydrogens is 212 g/mol. The van der Waals surface area contributed by atoms with E-state index in [9.17, 15) is 0 Å². The summed E-state index contributed by atoms with van der Waals surface area (Å²) >= 11 is 0. The third-order valence-corrected chi connectivity index (χ3v) is 3.09. The van der Waals surface area contributed by atoms with Gasteiger partial charge in [-0.15, -0.1) is 0 Å². The van der Waals surface area contributed by atoms with Gasteiger partial charge in [-0.1, -0.05) is 18.2 Å². The molecule has 2 rings (SSSR count). The number of hydrogen-bond acceptors (Lipinski definition) is 2. The summed E-state index contributed by atoms with van der Waals surface area (Å²) in [6.07, 6.45) is 4.41. The van der Waals surface area contributed by atoms with Gasteiger partial charge in [0.15, 0.2) is 0 Å². The number of benzene rings is 1. The molecule has 3 heteroatoms. The van der Waals surface area contributed by atoms with Crippen molar-refractivity contribution in [3.63, 3.8) is 0 Å². The van der Waals surface area contributed by atoms with Crippen LogP contribution in [-0.2, 0) is 17.8 Å². The molecule has 0 fully saturated rings. The maximum Gasteiger partial charge on any atom is 0.0483 e. The van der Waals surface area contributed by atoms with Gasteiger partial charge in [-0.05, 0) is 24.5 Å². The minimum absolute atomic E-state index is 0.603. The number of hydrogen-bond donors (Lipinski definition) is 1. The molecule has 1 aromatic heterocycles. The summed E-state index contributed by atoms with van der Waals surface area (Å²) in [4.78, 5) is 0. The van der Waals surface area contributed by atoms with Crippen LogP contribution < -0.4 is 5.73 Å². The molecular formula is C14H20N2O. The Morgan fingerprint density at radius 3 is 2.82 bits per heavy atom. The molecule has 1 aromatic carbocycles. The Kier molecular flexibility index (Phi) is 4.18. The van der Waals surface area contributed by atoms with Gasteiger partial charge in [-0.25, -0.2) is 0 Å². The number of rotatable bonds is 6. The Labute approximate surface area is 102 Å². The molecule has 0 unspecified atom stereocenters. The van der Waals surface area contributed by atoms with Gasteiger partial charge in [-0.2, -0.15) is 0 Å². The molecule has 0 spiro atoms. The van der Waals surface area contributed by atoms with Gasteiger partial charge in [0.2, 0.25) is 0 Å². The Bertz CT molecular complexity index is 476. The van der Waals surface area contributed by atoms with E-state index in [0.29, 0.717) is 6.54 Å². The third-order valence-electron chi connectivity index (χ3n) is 3.09. The molecule has 17 heavy (non-hydrogen) atoms. The van der Waals surface area contributed by atoms with E-state index in [1.165, 1.54) is 16.5 Å². The molecule has 0 radical (unpaired) electrons. The van der Waals surface area contributed by atoms with Crippen LogP contribution in [0, 0.1) is 0 Å². The third kappa shape index (κ3) is 2.68. The van der Waals surface area contributed by atoms with Crippen molar-refractivity contribution in [3.8, 4) is 0 Å². The minimum Gasteiger partial charge on any atom is -0.385 e. The monoisotopic (exact) mass is 232 g/mol. The van der Waals surface area contributed by atoms with Crippen molar-refractivity contribution in [1.29, 1.82) is 0 Å². The van der Waals surface area contributed by atoms with Crippen molar-refractivity contribution in [2.24, 2.45) is 5.73 Å². The minimum atomic E-state index is 0.603.